The van der Waals surface area contributed by atoms with E-state index >= 15 is 0 Å². The fourth-order valence-corrected chi connectivity index (χ4v) is 3.49. The van der Waals surface area contributed by atoms with E-state index in [1.807, 2.05) is 13.8 Å². The van der Waals surface area contributed by atoms with Crippen LogP contribution in [-0.4, -0.2) is 31.5 Å². The summed E-state index contributed by atoms with van der Waals surface area (Å²) < 4.78 is 57.4. The van der Waals surface area contributed by atoms with Crippen molar-refractivity contribution in [3.05, 3.63) is 23.8 Å². The third kappa shape index (κ3) is 5.04. The van der Waals surface area contributed by atoms with Crippen molar-refractivity contribution in [3.8, 4) is 5.75 Å². The van der Waals surface area contributed by atoms with Crippen molar-refractivity contribution in [2.75, 3.05) is 25.1 Å². The molecule has 0 aromatic heterocycles. The molecule has 1 saturated carbocycles. The number of halogens is 3. The molecule has 1 aliphatic heterocycles. The van der Waals surface area contributed by atoms with Crippen LogP contribution in [0.3, 0.4) is 0 Å². The third-order valence-corrected chi connectivity index (χ3v) is 5.34. The van der Waals surface area contributed by atoms with E-state index < -0.39 is 28.8 Å². The predicted octanol–water partition coefficient (Wildman–Crippen LogP) is 5.00. The summed E-state index contributed by atoms with van der Waals surface area (Å²) in [5, 5.41) is 2.58. The second kappa shape index (κ2) is 8.14. The normalized spacial score (nSPS) is 20.8. The minimum Gasteiger partial charge on any atom is -0.493 e. The Kier molecular flexibility index (Phi) is 6.15. The smallest absolute Gasteiger partial charge is 0.420 e. The zero-order chi connectivity index (χ0) is 21.3. The lowest BCUT2D eigenvalue weighted by Crippen LogP contribution is -2.52. The quantitative estimate of drug-likeness (QED) is 0.735. The number of amides is 1. The van der Waals surface area contributed by atoms with E-state index in [4.69, 9.17) is 14.2 Å². The lowest BCUT2D eigenvalue weighted by molar-refractivity contribution is -0.291. The average Bonchev–Trinajstić information content (AvgIpc) is 3.11. The molecule has 0 bridgehead atoms. The Hall–Kier alpha value is -1.80. The van der Waals surface area contributed by atoms with E-state index in [2.05, 4.69) is 5.32 Å². The number of hydrogen-bond donors (Lipinski definition) is 1. The molecule has 1 amide bonds. The van der Waals surface area contributed by atoms with Gasteiger partial charge >= 0.3 is 6.18 Å². The van der Waals surface area contributed by atoms with Gasteiger partial charge in [0, 0.05) is 18.5 Å². The zero-order valence-electron chi connectivity index (χ0n) is 17.0. The molecule has 8 heteroatoms. The summed E-state index contributed by atoms with van der Waals surface area (Å²) >= 11 is 0. The van der Waals surface area contributed by atoms with Gasteiger partial charge in [0.05, 0.1) is 30.8 Å². The molecule has 1 aliphatic carbocycles. The minimum atomic E-state index is -4.59. The first kappa shape index (κ1) is 21.9. The topological polar surface area (TPSA) is 56.8 Å². The minimum absolute atomic E-state index is 0.0570. The molecule has 2 aliphatic rings. The van der Waals surface area contributed by atoms with Crippen LogP contribution < -0.4 is 10.1 Å². The molecular formula is C21H28F3NO4. The van der Waals surface area contributed by atoms with Crippen LogP contribution in [0.25, 0.3) is 0 Å². The van der Waals surface area contributed by atoms with Crippen LogP contribution in [0.5, 0.6) is 5.75 Å². The van der Waals surface area contributed by atoms with Gasteiger partial charge in [-0.25, -0.2) is 0 Å². The number of rotatable bonds is 5. The second-order valence-corrected chi connectivity index (χ2v) is 8.62. The van der Waals surface area contributed by atoms with Gasteiger partial charge in [-0.1, -0.05) is 13.8 Å². The van der Waals surface area contributed by atoms with Gasteiger partial charge < -0.3 is 19.5 Å². The number of benzene rings is 1. The van der Waals surface area contributed by atoms with Crippen molar-refractivity contribution in [1.82, 2.24) is 0 Å². The second-order valence-electron chi connectivity index (χ2n) is 8.62. The molecule has 0 atom stereocenters. The Bertz CT molecular complexity index is 732. The standard InChI is InChI=1S/C21H28F3NO4/c1-14(2)11-27-17-7-6-15(10-16(17)21(22,23)24)25-18(26)19(3)12-28-20(29-13-19)8-4-5-9-20/h6-7,10,14H,4-5,8-9,11-13H2,1-3H3,(H,25,26). The van der Waals surface area contributed by atoms with Crippen molar-refractivity contribution in [1.29, 1.82) is 0 Å². The maximum atomic E-state index is 13.5. The molecule has 1 spiro atoms. The first-order chi connectivity index (χ1) is 13.5. The molecule has 162 valence electrons. The number of alkyl halides is 3. The van der Waals surface area contributed by atoms with Gasteiger partial charge in [-0.2, -0.15) is 13.2 Å². The van der Waals surface area contributed by atoms with Crippen molar-refractivity contribution in [2.24, 2.45) is 11.3 Å². The zero-order valence-corrected chi connectivity index (χ0v) is 17.0. The van der Waals surface area contributed by atoms with Crippen molar-refractivity contribution < 1.29 is 32.2 Å². The summed E-state index contributed by atoms with van der Waals surface area (Å²) in [7, 11) is 0. The van der Waals surface area contributed by atoms with E-state index in [1.165, 1.54) is 12.1 Å². The first-order valence-electron chi connectivity index (χ1n) is 9.96. The third-order valence-electron chi connectivity index (χ3n) is 5.34. The van der Waals surface area contributed by atoms with Crippen molar-refractivity contribution >= 4 is 11.6 Å². The Morgan fingerprint density at radius 1 is 1.21 bits per heavy atom. The van der Waals surface area contributed by atoms with Gasteiger partial charge in [-0.15, -0.1) is 0 Å². The van der Waals surface area contributed by atoms with E-state index in [-0.39, 0.29) is 37.2 Å². The van der Waals surface area contributed by atoms with Crippen LogP contribution in [-0.2, 0) is 20.4 Å². The number of carbonyl (C=O) groups excluding carboxylic acids is 1. The largest absolute Gasteiger partial charge is 0.493 e. The molecule has 1 N–H and O–H groups in total. The number of ether oxygens (including phenoxy) is 3. The van der Waals surface area contributed by atoms with Crippen LogP contribution in [0.4, 0.5) is 18.9 Å². The van der Waals surface area contributed by atoms with Crippen molar-refractivity contribution in [2.45, 2.75) is 58.4 Å². The van der Waals surface area contributed by atoms with Crippen LogP contribution in [0.2, 0.25) is 0 Å². The fourth-order valence-electron chi connectivity index (χ4n) is 3.49. The maximum absolute atomic E-state index is 13.5. The summed E-state index contributed by atoms with van der Waals surface area (Å²) in [6, 6.07) is 3.56. The molecule has 5 nitrogen and oxygen atoms in total. The molecular weight excluding hydrogens is 387 g/mol. The molecule has 1 aromatic carbocycles. The highest BCUT2D eigenvalue weighted by molar-refractivity contribution is 5.95. The summed E-state index contributed by atoms with van der Waals surface area (Å²) in [4.78, 5) is 12.8. The summed E-state index contributed by atoms with van der Waals surface area (Å²) in [6.45, 7) is 5.90. The number of hydrogen-bond acceptors (Lipinski definition) is 4. The van der Waals surface area contributed by atoms with Crippen LogP contribution in [0.15, 0.2) is 18.2 Å². The summed E-state index contributed by atoms with van der Waals surface area (Å²) in [5.41, 5.74) is -1.83. The lowest BCUT2D eigenvalue weighted by atomic mass is 9.90. The van der Waals surface area contributed by atoms with Crippen LogP contribution in [0, 0.1) is 11.3 Å². The molecule has 29 heavy (non-hydrogen) atoms. The van der Waals surface area contributed by atoms with Gasteiger partial charge in [0.15, 0.2) is 5.79 Å². The predicted molar refractivity (Wildman–Crippen MR) is 102 cm³/mol. The van der Waals surface area contributed by atoms with E-state index in [0.29, 0.717) is 0 Å². The van der Waals surface area contributed by atoms with E-state index in [1.54, 1.807) is 6.92 Å². The van der Waals surface area contributed by atoms with Crippen LogP contribution in [0.1, 0.15) is 52.0 Å². The molecule has 1 heterocycles. The summed E-state index contributed by atoms with van der Waals surface area (Å²) in [6.07, 6.45) is -0.944. The number of carbonyl (C=O) groups is 1. The SMILES string of the molecule is CC(C)COc1ccc(NC(=O)C2(C)COC3(CCCC3)OC2)cc1C(F)(F)F. The van der Waals surface area contributed by atoms with E-state index in [0.717, 1.165) is 31.7 Å². The molecule has 1 aromatic rings. The molecule has 1 saturated heterocycles. The monoisotopic (exact) mass is 415 g/mol. The highest BCUT2D eigenvalue weighted by Gasteiger charge is 2.47. The van der Waals surface area contributed by atoms with Gasteiger partial charge in [-0.3, -0.25) is 4.79 Å². The van der Waals surface area contributed by atoms with E-state index in [9.17, 15) is 18.0 Å². The highest BCUT2D eigenvalue weighted by Crippen LogP contribution is 2.42. The molecule has 3 rings (SSSR count). The Balaban J connectivity index is 1.71. The Morgan fingerprint density at radius 2 is 1.83 bits per heavy atom. The molecule has 0 radical (unpaired) electrons. The molecule has 2 fully saturated rings. The number of nitrogens with one attached hydrogen (secondary N) is 1. The average molecular weight is 415 g/mol. The first-order valence-corrected chi connectivity index (χ1v) is 9.96. The fraction of sp³-hybridized carbons (Fsp3) is 0.667. The summed E-state index contributed by atoms with van der Waals surface area (Å²) in [5.74, 6) is -1.19. The van der Waals surface area contributed by atoms with Crippen molar-refractivity contribution in [3.63, 3.8) is 0 Å². The Morgan fingerprint density at radius 3 is 2.38 bits per heavy atom. The van der Waals surface area contributed by atoms with Gasteiger partial charge in [0.2, 0.25) is 5.91 Å². The lowest BCUT2D eigenvalue weighted by Gasteiger charge is -2.42. The van der Waals surface area contributed by atoms with Gasteiger partial charge in [0.1, 0.15) is 5.75 Å². The highest BCUT2D eigenvalue weighted by atomic mass is 19.4. The Labute approximate surface area is 168 Å². The molecule has 0 unspecified atom stereocenters. The van der Waals surface area contributed by atoms with Gasteiger partial charge in [0.25, 0.3) is 0 Å². The van der Waals surface area contributed by atoms with Gasteiger partial charge in [-0.05, 0) is 43.9 Å². The maximum Gasteiger partial charge on any atom is 0.420 e. The number of anilines is 1. The van der Waals surface area contributed by atoms with Crippen LogP contribution >= 0.6 is 0 Å².